The summed E-state index contributed by atoms with van der Waals surface area (Å²) in [5.74, 6) is -0.753. The second-order valence-corrected chi connectivity index (χ2v) is 6.34. The maximum Gasteiger partial charge on any atom is 0.343 e. The summed E-state index contributed by atoms with van der Waals surface area (Å²) in [5, 5.41) is 11.4. The highest BCUT2D eigenvalue weighted by Crippen LogP contribution is 2.28. The van der Waals surface area contributed by atoms with E-state index in [0.717, 1.165) is 16.8 Å². The van der Waals surface area contributed by atoms with E-state index < -0.39 is 10.9 Å². The molecule has 0 fully saturated rings. The van der Waals surface area contributed by atoms with Crippen LogP contribution in [0.5, 0.6) is 5.75 Å². The van der Waals surface area contributed by atoms with Crippen LogP contribution in [0.1, 0.15) is 27.0 Å². The molecule has 3 aromatic rings. The minimum Gasteiger partial charge on any atom is -0.416 e. The number of carbonyl (C=O) groups excluding carboxylic acids is 1. The number of ether oxygens (including phenoxy) is 1. The van der Waals surface area contributed by atoms with E-state index in [2.05, 4.69) is 4.99 Å². The molecule has 3 aromatic carbocycles. The van der Waals surface area contributed by atoms with E-state index in [0.29, 0.717) is 11.1 Å². The fraction of sp³-hybridized carbons (Fsp3) is 0.0909. The van der Waals surface area contributed by atoms with Crippen molar-refractivity contribution in [2.45, 2.75) is 13.8 Å². The summed E-state index contributed by atoms with van der Waals surface area (Å²) < 4.78 is 5.25. The first kappa shape index (κ1) is 19.0. The molecule has 140 valence electrons. The molecule has 0 heterocycles. The van der Waals surface area contributed by atoms with Crippen molar-refractivity contribution in [1.29, 1.82) is 0 Å². The van der Waals surface area contributed by atoms with E-state index in [1.165, 1.54) is 18.3 Å². The second kappa shape index (κ2) is 8.26. The Hall–Kier alpha value is -3.80. The number of rotatable bonds is 5. The number of benzene rings is 3. The number of aliphatic imine (C=N–C) groups is 1. The fourth-order valence-electron chi connectivity index (χ4n) is 2.55. The predicted molar refractivity (Wildman–Crippen MR) is 108 cm³/mol. The monoisotopic (exact) mass is 374 g/mol. The van der Waals surface area contributed by atoms with Crippen LogP contribution in [0.15, 0.2) is 71.7 Å². The van der Waals surface area contributed by atoms with Crippen molar-refractivity contribution >= 4 is 23.6 Å². The molecule has 0 unspecified atom stereocenters. The molecule has 0 N–H and O–H groups in total. The Bertz CT molecular complexity index is 1060. The minimum absolute atomic E-state index is 0.107. The number of nitro benzene ring substituents is 1. The molecular weight excluding hydrogens is 356 g/mol. The van der Waals surface area contributed by atoms with Crippen molar-refractivity contribution in [2.24, 2.45) is 4.99 Å². The average molecular weight is 374 g/mol. The van der Waals surface area contributed by atoms with E-state index in [1.807, 2.05) is 44.2 Å². The highest BCUT2D eigenvalue weighted by Gasteiger charge is 2.19. The number of nitrogens with zero attached hydrogens (tertiary/aromatic N) is 2. The molecule has 6 heteroatoms. The van der Waals surface area contributed by atoms with Crippen molar-refractivity contribution in [3.05, 3.63) is 99.1 Å². The Balaban J connectivity index is 1.84. The molecule has 0 radical (unpaired) electrons. The Labute approximate surface area is 162 Å². The van der Waals surface area contributed by atoms with Gasteiger partial charge in [0.15, 0.2) is 0 Å². The standard InChI is InChI=1S/C22H18N2O4/c1-15-6-9-19(10-7-15)23-14-17-8-11-21(20(13-17)24(26)27)28-22(25)18-5-3-4-16(2)12-18/h3-14H,1-2H3. The lowest BCUT2D eigenvalue weighted by atomic mass is 10.1. The highest BCUT2D eigenvalue weighted by molar-refractivity contribution is 5.92. The largest absolute Gasteiger partial charge is 0.416 e. The van der Waals surface area contributed by atoms with E-state index in [-0.39, 0.29) is 11.4 Å². The molecule has 0 amide bonds. The van der Waals surface area contributed by atoms with Gasteiger partial charge in [0, 0.05) is 12.3 Å². The molecule has 0 atom stereocenters. The lowest BCUT2D eigenvalue weighted by Crippen LogP contribution is -2.10. The zero-order valence-electron chi connectivity index (χ0n) is 15.5. The molecular formula is C22H18N2O4. The van der Waals surface area contributed by atoms with Gasteiger partial charge in [-0.2, -0.15) is 0 Å². The van der Waals surface area contributed by atoms with Crippen LogP contribution in [0.3, 0.4) is 0 Å². The van der Waals surface area contributed by atoms with Gasteiger partial charge < -0.3 is 4.74 Å². The van der Waals surface area contributed by atoms with Crippen LogP contribution in [-0.2, 0) is 0 Å². The summed E-state index contributed by atoms with van der Waals surface area (Å²) in [5.41, 5.74) is 3.32. The summed E-state index contributed by atoms with van der Waals surface area (Å²) in [4.78, 5) is 27.4. The van der Waals surface area contributed by atoms with Crippen molar-refractivity contribution < 1.29 is 14.5 Å². The zero-order valence-corrected chi connectivity index (χ0v) is 15.5. The summed E-state index contributed by atoms with van der Waals surface area (Å²) in [6, 6.07) is 18.8. The molecule has 0 aliphatic carbocycles. The van der Waals surface area contributed by atoms with Gasteiger partial charge in [-0.15, -0.1) is 0 Å². The summed E-state index contributed by atoms with van der Waals surface area (Å²) in [6.07, 6.45) is 1.53. The Morgan fingerprint density at radius 2 is 1.75 bits per heavy atom. The smallest absolute Gasteiger partial charge is 0.343 e. The number of esters is 1. The molecule has 0 aliphatic heterocycles. The first-order valence-corrected chi connectivity index (χ1v) is 8.60. The molecule has 0 spiro atoms. The van der Waals surface area contributed by atoms with Crippen molar-refractivity contribution in [3.8, 4) is 5.75 Å². The van der Waals surface area contributed by atoms with Gasteiger partial charge in [0.25, 0.3) is 0 Å². The van der Waals surface area contributed by atoms with E-state index >= 15 is 0 Å². The molecule has 0 saturated carbocycles. The molecule has 3 rings (SSSR count). The molecule has 0 saturated heterocycles. The van der Waals surface area contributed by atoms with Crippen LogP contribution >= 0.6 is 0 Å². The Morgan fingerprint density at radius 1 is 1.00 bits per heavy atom. The maximum atomic E-state index is 12.3. The van der Waals surface area contributed by atoms with Crippen LogP contribution in [-0.4, -0.2) is 17.1 Å². The van der Waals surface area contributed by atoms with Crippen molar-refractivity contribution in [2.75, 3.05) is 0 Å². The molecule has 6 nitrogen and oxygen atoms in total. The van der Waals surface area contributed by atoms with E-state index in [1.54, 1.807) is 24.3 Å². The Kier molecular flexibility index (Phi) is 5.60. The van der Waals surface area contributed by atoms with Crippen LogP contribution in [0.25, 0.3) is 0 Å². The van der Waals surface area contributed by atoms with Crippen molar-refractivity contribution in [1.82, 2.24) is 0 Å². The summed E-state index contributed by atoms with van der Waals surface area (Å²) >= 11 is 0. The zero-order chi connectivity index (χ0) is 20.1. The number of hydrogen-bond acceptors (Lipinski definition) is 5. The first-order valence-electron chi connectivity index (χ1n) is 8.60. The third-order valence-electron chi connectivity index (χ3n) is 4.03. The Morgan fingerprint density at radius 3 is 2.43 bits per heavy atom. The van der Waals surface area contributed by atoms with Gasteiger partial charge in [0.05, 0.1) is 16.2 Å². The second-order valence-electron chi connectivity index (χ2n) is 6.34. The molecule has 0 aliphatic rings. The SMILES string of the molecule is Cc1ccc(N=Cc2ccc(OC(=O)c3cccc(C)c3)c([N+](=O)[O-])c2)cc1. The topological polar surface area (TPSA) is 81.8 Å². The quantitative estimate of drug-likeness (QED) is 0.202. The fourth-order valence-corrected chi connectivity index (χ4v) is 2.55. The predicted octanol–water partition coefficient (Wildman–Crippen LogP) is 5.18. The molecule has 0 aromatic heterocycles. The van der Waals surface area contributed by atoms with Gasteiger partial charge in [0.2, 0.25) is 5.75 Å². The van der Waals surface area contributed by atoms with Gasteiger partial charge in [0.1, 0.15) is 0 Å². The van der Waals surface area contributed by atoms with Crippen LogP contribution in [0.2, 0.25) is 0 Å². The normalized spacial score (nSPS) is 10.8. The number of aryl methyl sites for hydroxylation is 2. The number of nitro groups is 1. The molecule has 28 heavy (non-hydrogen) atoms. The average Bonchev–Trinajstić information content (AvgIpc) is 2.68. The van der Waals surface area contributed by atoms with Crippen LogP contribution in [0.4, 0.5) is 11.4 Å². The van der Waals surface area contributed by atoms with Gasteiger partial charge in [-0.3, -0.25) is 15.1 Å². The lowest BCUT2D eigenvalue weighted by Gasteiger charge is -2.06. The number of carbonyl (C=O) groups is 1. The third-order valence-corrected chi connectivity index (χ3v) is 4.03. The highest BCUT2D eigenvalue weighted by atomic mass is 16.6. The molecule has 0 bridgehead atoms. The minimum atomic E-state index is -0.645. The van der Waals surface area contributed by atoms with Gasteiger partial charge >= 0.3 is 11.7 Å². The van der Waals surface area contributed by atoms with Crippen LogP contribution < -0.4 is 4.74 Å². The summed E-state index contributed by atoms with van der Waals surface area (Å²) in [7, 11) is 0. The van der Waals surface area contributed by atoms with Gasteiger partial charge in [-0.05, 0) is 55.8 Å². The van der Waals surface area contributed by atoms with E-state index in [9.17, 15) is 14.9 Å². The van der Waals surface area contributed by atoms with Crippen molar-refractivity contribution in [3.63, 3.8) is 0 Å². The van der Waals surface area contributed by atoms with E-state index in [4.69, 9.17) is 4.74 Å². The van der Waals surface area contributed by atoms with Gasteiger partial charge in [-0.1, -0.05) is 35.4 Å². The summed E-state index contributed by atoms with van der Waals surface area (Å²) in [6.45, 7) is 3.83. The first-order chi connectivity index (χ1) is 13.4. The van der Waals surface area contributed by atoms with Gasteiger partial charge in [-0.25, -0.2) is 4.79 Å². The number of hydrogen-bond donors (Lipinski definition) is 0. The maximum absolute atomic E-state index is 12.3. The third kappa shape index (κ3) is 4.67. The lowest BCUT2D eigenvalue weighted by molar-refractivity contribution is -0.385. The van der Waals surface area contributed by atoms with Crippen LogP contribution in [0, 0.1) is 24.0 Å².